The Morgan fingerprint density at radius 2 is 1.61 bits per heavy atom. The highest BCUT2D eigenvalue weighted by Gasteiger charge is 2.26. The van der Waals surface area contributed by atoms with Crippen LogP contribution >= 0.6 is 23.2 Å². The van der Waals surface area contributed by atoms with Crippen LogP contribution in [0.3, 0.4) is 0 Å². The monoisotopic (exact) mass is 345 g/mol. The summed E-state index contributed by atoms with van der Waals surface area (Å²) >= 11 is 12.5. The number of aryl methyl sites for hydroxylation is 1. The lowest BCUT2D eigenvalue weighted by Crippen LogP contribution is -2.21. The number of hydrogen-bond donors (Lipinski definition) is 1. The fourth-order valence-corrected chi connectivity index (χ4v) is 3.12. The maximum Gasteiger partial charge on any atom is 0.210 e. The molecule has 0 radical (unpaired) electrons. The van der Waals surface area contributed by atoms with E-state index in [9.17, 15) is 9.59 Å². The third-order valence-corrected chi connectivity index (χ3v) is 4.32. The number of Topliss-reactive ketones (excluding diaryl/α,β-unsaturated/α-hetero) is 1. The van der Waals surface area contributed by atoms with E-state index >= 15 is 0 Å². The third kappa shape index (κ3) is 2.90. The van der Waals surface area contributed by atoms with Crippen molar-refractivity contribution in [1.82, 2.24) is 0 Å². The van der Waals surface area contributed by atoms with Gasteiger partial charge in [0.1, 0.15) is 0 Å². The molecule has 0 amide bonds. The third-order valence-electron chi connectivity index (χ3n) is 3.73. The number of rotatable bonds is 3. The molecule has 0 spiro atoms. The number of allylic oxidation sites excluding steroid dienone is 2. The van der Waals surface area contributed by atoms with Crippen LogP contribution in [-0.4, -0.2) is 11.6 Å². The fraction of sp³-hybridized carbons (Fsp3) is 0.111. The quantitative estimate of drug-likeness (QED) is 0.857. The van der Waals surface area contributed by atoms with Gasteiger partial charge in [-0.1, -0.05) is 54.4 Å². The first kappa shape index (κ1) is 15.8. The SMILES string of the molecule is CCc1cc(Cl)c(NC2=CC(=O)c3ccccc3C2=O)c(Cl)c1. The lowest BCUT2D eigenvalue weighted by atomic mass is 9.92. The molecule has 0 fully saturated rings. The largest absolute Gasteiger partial charge is 0.350 e. The van der Waals surface area contributed by atoms with Crippen molar-refractivity contribution in [3.05, 3.63) is 74.9 Å². The Morgan fingerprint density at radius 3 is 2.22 bits per heavy atom. The molecule has 0 saturated carbocycles. The number of ketones is 2. The zero-order chi connectivity index (χ0) is 16.6. The maximum absolute atomic E-state index is 12.5. The Labute approximate surface area is 143 Å². The molecular weight excluding hydrogens is 333 g/mol. The molecule has 2 aromatic rings. The molecule has 23 heavy (non-hydrogen) atoms. The topological polar surface area (TPSA) is 46.2 Å². The number of halogens is 2. The van der Waals surface area contributed by atoms with E-state index in [-0.39, 0.29) is 17.3 Å². The van der Waals surface area contributed by atoms with Crippen LogP contribution in [0.15, 0.2) is 48.2 Å². The summed E-state index contributed by atoms with van der Waals surface area (Å²) in [6.45, 7) is 2.00. The zero-order valence-electron chi connectivity index (χ0n) is 12.3. The molecule has 0 bridgehead atoms. The van der Waals surface area contributed by atoms with E-state index < -0.39 is 0 Å². The normalized spacial score (nSPS) is 13.6. The average molecular weight is 346 g/mol. The van der Waals surface area contributed by atoms with E-state index in [2.05, 4.69) is 5.32 Å². The number of carbonyl (C=O) groups is 2. The molecule has 3 nitrogen and oxygen atoms in total. The molecule has 0 saturated heterocycles. The summed E-state index contributed by atoms with van der Waals surface area (Å²) in [7, 11) is 0. The molecule has 1 aliphatic carbocycles. The molecule has 0 aromatic heterocycles. The van der Waals surface area contributed by atoms with Crippen LogP contribution in [-0.2, 0) is 6.42 Å². The molecule has 0 atom stereocenters. The molecular formula is C18H13Cl2NO2. The second kappa shape index (κ2) is 6.19. The average Bonchev–Trinajstić information content (AvgIpc) is 2.55. The summed E-state index contributed by atoms with van der Waals surface area (Å²) in [5.41, 5.74) is 2.37. The number of fused-ring (bicyclic) bond motifs is 1. The lowest BCUT2D eigenvalue weighted by molar-refractivity contribution is 0.0985. The van der Waals surface area contributed by atoms with Crippen LogP contribution in [0.25, 0.3) is 0 Å². The summed E-state index contributed by atoms with van der Waals surface area (Å²) in [5.74, 6) is -0.480. The van der Waals surface area contributed by atoms with Crippen LogP contribution in [0.2, 0.25) is 10.0 Å². The van der Waals surface area contributed by atoms with Crippen LogP contribution in [0.1, 0.15) is 33.2 Å². The van der Waals surface area contributed by atoms with E-state index in [1.165, 1.54) is 6.08 Å². The summed E-state index contributed by atoms with van der Waals surface area (Å²) in [6, 6.07) is 10.3. The Morgan fingerprint density at radius 1 is 1.00 bits per heavy atom. The molecule has 0 aliphatic heterocycles. The van der Waals surface area contributed by atoms with E-state index in [0.29, 0.717) is 26.9 Å². The van der Waals surface area contributed by atoms with Crippen LogP contribution in [0, 0.1) is 0 Å². The molecule has 1 N–H and O–H groups in total. The van der Waals surface area contributed by atoms with Gasteiger partial charge in [-0.3, -0.25) is 9.59 Å². The first-order valence-electron chi connectivity index (χ1n) is 7.16. The summed E-state index contributed by atoms with van der Waals surface area (Å²) in [4.78, 5) is 24.7. The predicted octanol–water partition coefficient (Wildman–Crippen LogP) is 4.93. The number of benzene rings is 2. The van der Waals surface area contributed by atoms with Gasteiger partial charge in [-0.05, 0) is 24.1 Å². The van der Waals surface area contributed by atoms with Crippen molar-refractivity contribution in [2.24, 2.45) is 0 Å². The molecule has 1 aliphatic rings. The Balaban J connectivity index is 1.99. The van der Waals surface area contributed by atoms with Gasteiger partial charge in [0.25, 0.3) is 0 Å². The standard InChI is InChI=1S/C18H13Cl2NO2/c1-2-10-7-13(19)17(14(20)8-10)21-15-9-16(22)11-5-3-4-6-12(11)18(15)23/h3-9,21H,2H2,1H3. The Bertz CT molecular complexity index is 833. The van der Waals surface area contributed by atoms with Gasteiger partial charge in [0.2, 0.25) is 5.78 Å². The van der Waals surface area contributed by atoms with E-state index in [0.717, 1.165) is 12.0 Å². The summed E-state index contributed by atoms with van der Waals surface area (Å²) in [5, 5.41) is 3.74. The van der Waals surface area contributed by atoms with Crippen molar-refractivity contribution in [3.63, 3.8) is 0 Å². The van der Waals surface area contributed by atoms with Gasteiger partial charge in [-0.15, -0.1) is 0 Å². The minimum atomic E-state index is -0.257. The molecule has 0 heterocycles. The number of anilines is 1. The summed E-state index contributed by atoms with van der Waals surface area (Å²) in [6.07, 6.45) is 2.08. The molecule has 3 rings (SSSR count). The first-order chi connectivity index (χ1) is 11.0. The van der Waals surface area contributed by atoms with Gasteiger partial charge in [0.15, 0.2) is 5.78 Å². The lowest BCUT2D eigenvalue weighted by Gasteiger charge is -2.18. The smallest absolute Gasteiger partial charge is 0.210 e. The highest BCUT2D eigenvalue weighted by Crippen LogP contribution is 2.34. The van der Waals surface area contributed by atoms with Gasteiger partial charge < -0.3 is 5.32 Å². The second-order valence-corrected chi connectivity index (χ2v) is 6.02. The van der Waals surface area contributed by atoms with Crippen molar-refractivity contribution in [2.45, 2.75) is 13.3 Å². The highest BCUT2D eigenvalue weighted by atomic mass is 35.5. The molecule has 0 unspecified atom stereocenters. The fourth-order valence-electron chi connectivity index (χ4n) is 2.49. The molecule has 5 heteroatoms. The summed E-state index contributed by atoms with van der Waals surface area (Å²) < 4.78 is 0. The van der Waals surface area contributed by atoms with Crippen molar-refractivity contribution in [2.75, 3.05) is 5.32 Å². The first-order valence-corrected chi connectivity index (χ1v) is 7.91. The van der Waals surface area contributed by atoms with Gasteiger partial charge in [-0.25, -0.2) is 0 Å². The van der Waals surface area contributed by atoms with Crippen molar-refractivity contribution >= 4 is 40.5 Å². The van der Waals surface area contributed by atoms with Gasteiger partial charge in [-0.2, -0.15) is 0 Å². The van der Waals surface area contributed by atoms with Crippen molar-refractivity contribution in [1.29, 1.82) is 0 Å². The van der Waals surface area contributed by atoms with Crippen LogP contribution in [0.5, 0.6) is 0 Å². The van der Waals surface area contributed by atoms with Crippen LogP contribution < -0.4 is 5.32 Å². The van der Waals surface area contributed by atoms with E-state index in [4.69, 9.17) is 23.2 Å². The Kier molecular flexibility index (Phi) is 4.24. The number of nitrogens with one attached hydrogen (secondary N) is 1. The Hall–Kier alpha value is -2.10. The second-order valence-electron chi connectivity index (χ2n) is 5.21. The predicted molar refractivity (Wildman–Crippen MR) is 92.6 cm³/mol. The maximum atomic E-state index is 12.5. The van der Waals surface area contributed by atoms with Gasteiger partial charge in [0.05, 0.1) is 21.4 Å². The van der Waals surface area contributed by atoms with Crippen molar-refractivity contribution in [3.8, 4) is 0 Å². The van der Waals surface area contributed by atoms with Gasteiger partial charge in [0, 0.05) is 17.2 Å². The number of hydrogen-bond acceptors (Lipinski definition) is 3. The minimum absolute atomic E-state index is 0.168. The number of carbonyl (C=O) groups excluding carboxylic acids is 2. The van der Waals surface area contributed by atoms with Crippen LogP contribution in [0.4, 0.5) is 5.69 Å². The zero-order valence-corrected chi connectivity index (χ0v) is 13.8. The molecule has 2 aromatic carbocycles. The van der Waals surface area contributed by atoms with Crippen molar-refractivity contribution < 1.29 is 9.59 Å². The molecule has 116 valence electrons. The minimum Gasteiger partial charge on any atom is -0.350 e. The van der Waals surface area contributed by atoms with E-state index in [1.54, 1.807) is 36.4 Å². The van der Waals surface area contributed by atoms with Gasteiger partial charge >= 0.3 is 0 Å². The highest BCUT2D eigenvalue weighted by molar-refractivity contribution is 6.39. The van der Waals surface area contributed by atoms with E-state index in [1.807, 2.05) is 6.92 Å².